The van der Waals surface area contributed by atoms with Crippen LogP contribution >= 0.6 is 90.4 Å². The van der Waals surface area contributed by atoms with Crippen LogP contribution in [0.15, 0.2) is 6.07 Å². The Hall–Kier alpha value is 2.06. The molecule has 0 aromatic heterocycles. The Kier molecular flexibility index (Phi) is 6.17. The lowest BCUT2D eigenvalue weighted by atomic mass is 10.1. The molecule has 0 bridgehead atoms. The van der Waals surface area contributed by atoms with Gasteiger partial charge < -0.3 is 10.8 Å². The molecule has 0 aliphatic heterocycles. The third-order valence-electron chi connectivity index (χ3n) is 1.71. The van der Waals surface area contributed by atoms with E-state index in [1.165, 1.54) is 7.14 Å². The zero-order valence-corrected chi connectivity index (χ0v) is 15.5. The second-order valence-electron chi connectivity index (χ2n) is 2.64. The average Bonchev–Trinajstić information content (AvgIpc) is 2.19. The lowest BCUT2D eigenvalue weighted by Gasteiger charge is -2.14. The first-order valence-electron chi connectivity index (χ1n) is 3.70. The summed E-state index contributed by atoms with van der Waals surface area (Å²) in [5.41, 5.74) is 6.38. The van der Waals surface area contributed by atoms with Gasteiger partial charge in [0.05, 0.1) is 6.10 Å². The number of nitrogens with two attached hydrogens (primary N) is 1. The molecule has 0 spiro atoms. The number of aliphatic hydroxyl groups excluding tert-OH is 1. The van der Waals surface area contributed by atoms with Crippen LogP contribution in [0.3, 0.4) is 0 Å². The van der Waals surface area contributed by atoms with Gasteiger partial charge in [-0.15, -0.1) is 0 Å². The Labute approximate surface area is 137 Å². The van der Waals surface area contributed by atoms with Gasteiger partial charge in [-0.2, -0.15) is 0 Å². The predicted octanol–water partition coefficient (Wildman–Crippen LogP) is 3.10. The summed E-state index contributed by atoms with van der Waals surface area (Å²) in [4.78, 5) is 0. The Balaban J connectivity index is 3.33. The summed E-state index contributed by atoms with van der Waals surface area (Å²) in [6.07, 6.45) is -0.555. The predicted molar refractivity (Wildman–Crippen MR) is 91.3 cm³/mol. The standard InChI is InChI=1S/C8H7I4NO/c9-4-1-3(5(14)2-13)6(10)8(12)7(4)11/h1,5,14H,2,13H2. The Bertz CT molecular complexity index is 356. The minimum Gasteiger partial charge on any atom is -0.387 e. The fraction of sp³-hybridized carbons (Fsp3) is 0.250. The molecule has 3 N–H and O–H groups in total. The molecule has 0 saturated heterocycles. The van der Waals surface area contributed by atoms with E-state index in [2.05, 4.69) is 90.4 Å². The molecule has 0 saturated carbocycles. The van der Waals surface area contributed by atoms with Gasteiger partial charge in [-0.25, -0.2) is 0 Å². The number of hydrogen-bond acceptors (Lipinski definition) is 2. The summed E-state index contributed by atoms with van der Waals surface area (Å²) in [6.45, 7) is 0.267. The fourth-order valence-electron chi connectivity index (χ4n) is 0.961. The summed E-state index contributed by atoms with van der Waals surface area (Å²) >= 11 is 9.14. The van der Waals surface area contributed by atoms with Crippen molar-refractivity contribution in [2.45, 2.75) is 6.10 Å². The molecule has 0 fully saturated rings. The van der Waals surface area contributed by atoms with Crippen LogP contribution in [-0.2, 0) is 0 Å². The van der Waals surface area contributed by atoms with Crippen molar-refractivity contribution in [1.82, 2.24) is 0 Å². The van der Waals surface area contributed by atoms with Gasteiger partial charge in [-0.3, -0.25) is 0 Å². The van der Waals surface area contributed by atoms with Gasteiger partial charge in [0.15, 0.2) is 0 Å². The van der Waals surface area contributed by atoms with Gasteiger partial charge in [-0.1, -0.05) is 0 Å². The number of halogens is 4. The minimum absolute atomic E-state index is 0.267. The smallest absolute Gasteiger partial charge is 0.0923 e. The molecular formula is C8H7I4NO. The normalized spacial score (nSPS) is 13.0. The van der Waals surface area contributed by atoms with E-state index in [0.29, 0.717) is 0 Å². The van der Waals surface area contributed by atoms with Gasteiger partial charge in [0.25, 0.3) is 0 Å². The fourth-order valence-corrected chi connectivity index (χ4v) is 4.41. The maximum absolute atomic E-state index is 9.71. The zero-order valence-electron chi connectivity index (χ0n) is 6.90. The van der Waals surface area contributed by atoms with Gasteiger partial charge in [0.1, 0.15) is 0 Å². The van der Waals surface area contributed by atoms with E-state index in [1.54, 1.807) is 0 Å². The van der Waals surface area contributed by atoms with Crippen LogP contribution in [-0.4, -0.2) is 11.7 Å². The highest BCUT2D eigenvalue weighted by molar-refractivity contribution is 14.1. The number of aliphatic hydroxyl groups is 1. The van der Waals surface area contributed by atoms with Gasteiger partial charge in [0.2, 0.25) is 0 Å². The van der Waals surface area contributed by atoms with Crippen LogP contribution in [0.1, 0.15) is 11.7 Å². The highest BCUT2D eigenvalue weighted by Gasteiger charge is 2.16. The molecule has 14 heavy (non-hydrogen) atoms. The van der Waals surface area contributed by atoms with Crippen LogP contribution in [0.5, 0.6) is 0 Å². The van der Waals surface area contributed by atoms with Crippen LogP contribution in [0, 0.1) is 14.3 Å². The molecule has 78 valence electrons. The van der Waals surface area contributed by atoms with Crippen molar-refractivity contribution in [3.8, 4) is 0 Å². The van der Waals surface area contributed by atoms with Crippen molar-refractivity contribution in [2.24, 2.45) is 5.73 Å². The quantitative estimate of drug-likeness (QED) is 0.297. The first kappa shape index (κ1) is 14.1. The molecule has 1 aromatic carbocycles. The molecule has 0 aliphatic rings. The maximum Gasteiger partial charge on any atom is 0.0923 e. The molecule has 0 amide bonds. The van der Waals surface area contributed by atoms with E-state index in [-0.39, 0.29) is 6.54 Å². The third kappa shape index (κ3) is 3.05. The summed E-state index contributed by atoms with van der Waals surface area (Å²) < 4.78 is 4.70. The molecule has 1 aromatic rings. The second-order valence-corrected chi connectivity index (χ2v) is 7.04. The van der Waals surface area contributed by atoms with E-state index in [4.69, 9.17) is 5.73 Å². The van der Waals surface area contributed by atoms with Crippen molar-refractivity contribution in [3.63, 3.8) is 0 Å². The van der Waals surface area contributed by atoms with Crippen LogP contribution in [0.4, 0.5) is 0 Å². The van der Waals surface area contributed by atoms with E-state index >= 15 is 0 Å². The molecule has 1 rings (SSSR count). The van der Waals surface area contributed by atoms with Crippen LogP contribution in [0.2, 0.25) is 0 Å². The van der Waals surface area contributed by atoms with Crippen molar-refractivity contribution in [3.05, 3.63) is 25.9 Å². The first-order valence-corrected chi connectivity index (χ1v) is 8.01. The van der Waals surface area contributed by atoms with Gasteiger partial charge >= 0.3 is 0 Å². The average molecular weight is 641 g/mol. The van der Waals surface area contributed by atoms with E-state index in [0.717, 1.165) is 12.7 Å². The summed E-state index contributed by atoms with van der Waals surface area (Å²) in [6, 6.07) is 2.00. The van der Waals surface area contributed by atoms with Crippen LogP contribution in [0.25, 0.3) is 0 Å². The summed E-state index contributed by atoms with van der Waals surface area (Å²) in [5, 5.41) is 9.71. The van der Waals surface area contributed by atoms with Crippen molar-refractivity contribution < 1.29 is 5.11 Å². The molecular weight excluding hydrogens is 634 g/mol. The molecule has 0 aliphatic carbocycles. The molecule has 0 heterocycles. The monoisotopic (exact) mass is 641 g/mol. The number of benzene rings is 1. The Morgan fingerprint density at radius 2 is 1.71 bits per heavy atom. The molecule has 0 radical (unpaired) electrons. The summed E-state index contributed by atoms with van der Waals surface area (Å²) in [7, 11) is 0. The van der Waals surface area contributed by atoms with E-state index in [1.807, 2.05) is 6.07 Å². The molecule has 1 atom stereocenters. The van der Waals surface area contributed by atoms with Gasteiger partial charge in [0, 0.05) is 20.8 Å². The number of rotatable bonds is 2. The van der Waals surface area contributed by atoms with Crippen molar-refractivity contribution in [1.29, 1.82) is 0 Å². The molecule has 1 unspecified atom stereocenters. The Morgan fingerprint density at radius 3 is 2.21 bits per heavy atom. The van der Waals surface area contributed by atoms with E-state index in [9.17, 15) is 5.11 Å². The highest BCUT2D eigenvalue weighted by atomic mass is 127. The largest absolute Gasteiger partial charge is 0.387 e. The van der Waals surface area contributed by atoms with E-state index < -0.39 is 6.10 Å². The first-order chi connectivity index (χ1) is 6.49. The second kappa shape index (κ2) is 6.12. The van der Waals surface area contributed by atoms with Crippen molar-refractivity contribution >= 4 is 90.4 Å². The molecule has 6 heteroatoms. The number of hydrogen-bond donors (Lipinski definition) is 2. The topological polar surface area (TPSA) is 46.2 Å². The lowest BCUT2D eigenvalue weighted by molar-refractivity contribution is 0.185. The highest BCUT2D eigenvalue weighted by Crippen LogP contribution is 2.31. The lowest BCUT2D eigenvalue weighted by Crippen LogP contribution is -2.14. The third-order valence-corrected chi connectivity index (χ3v) is 9.02. The van der Waals surface area contributed by atoms with Crippen molar-refractivity contribution in [2.75, 3.05) is 6.54 Å². The minimum atomic E-state index is -0.555. The molecule has 2 nitrogen and oxygen atoms in total. The zero-order chi connectivity index (χ0) is 10.9. The SMILES string of the molecule is NCC(O)c1cc(I)c(I)c(I)c1I. The van der Waals surface area contributed by atoms with Gasteiger partial charge in [-0.05, 0) is 102 Å². The summed E-state index contributed by atoms with van der Waals surface area (Å²) in [5.74, 6) is 0. The maximum atomic E-state index is 9.71. The van der Waals surface area contributed by atoms with Crippen LogP contribution < -0.4 is 5.73 Å². The Morgan fingerprint density at radius 1 is 1.14 bits per heavy atom.